The van der Waals surface area contributed by atoms with Crippen molar-refractivity contribution in [3.8, 4) is 5.75 Å². The number of hydrogen-bond donors (Lipinski definition) is 3. The van der Waals surface area contributed by atoms with Crippen molar-refractivity contribution in [2.24, 2.45) is 4.99 Å². The lowest BCUT2D eigenvalue weighted by Crippen LogP contribution is -2.45. The zero-order valence-electron chi connectivity index (χ0n) is 14.9. The lowest BCUT2D eigenvalue weighted by atomic mass is 9.93. The van der Waals surface area contributed by atoms with E-state index in [9.17, 15) is 5.11 Å². The van der Waals surface area contributed by atoms with Crippen molar-refractivity contribution in [2.45, 2.75) is 57.1 Å². The zero-order valence-corrected chi connectivity index (χ0v) is 17.2. The third-order valence-corrected chi connectivity index (χ3v) is 4.93. The molecule has 0 radical (unpaired) electrons. The lowest BCUT2D eigenvalue weighted by molar-refractivity contribution is 0.120. The van der Waals surface area contributed by atoms with Gasteiger partial charge in [-0.2, -0.15) is 0 Å². The maximum atomic E-state index is 9.65. The molecule has 0 aromatic heterocycles. The Kier molecular flexibility index (Phi) is 8.29. The third kappa shape index (κ3) is 5.74. The number of para-hydroxylation sites is 1. The summed E-state index contributed by atoms with van der Waals surface area (Å²) in [6.07, 6.45) is 4.66. The lowest BCUT2D eigenvalue weighted by Gasteiger charge is -2.28. The van der Waals surface area contributed by atoms with E-state index < -0.39 is 0 Å². The minimum absolute atomic E-state index is 0. The van der Waals surface area contributed by atoms with Crippen molar-refractivity contribution >= 4 is 29.9 Å². The molecule has 6 heteroatoms. The van der Waals surface area contributed by atoms with Gasteiger partial charge in [0.15, 0.2) is 5.96 Å². The van der Waals surface area contributed by atoms with Crippen molar-refractivity contribution in [3.63, 3.8) is 0 Å². The number of hydrogen-bond acceptors (Lipinski definition) is 3. The van der Waals surface area contributed by atoms with Gasteiger partial charge < -0.3 is 20.5 Å². The highest BCUT2D eigenvalue weighted by Gasteiger charge is 2.22. The molecule has 5 nitrogen and oxygen atoms in total. The highest BCUT2D eigenvalue weighted by atomic mass is 127. The maximum Gasteiger partial charge on any atom is 0.191 e. The number of benzene rings is 1. The smallest absolute Gasteiger partial charge is 0.191 e. The molecule has 0 amide bonds. The summed E-state index contributed by atoms with van der Waals surface area (Å²) in [5.41, 5.74) is 1.27. The highest BCUT2D eigenvalue weighted by Crippen LogP contribution is 2.33. The zero-order chi connectivity index (χ0) is 16.8. The highest BCUT2D eigenvalue weighted by molar-refractivity contribution is 14.0. The summed E-state index contributed by atoms with van der Waals surface area (Å²) in [5, 5.41) is 16.5. The second kappa shape index (κ2) is 10.2. The van der Waals surface area contributed by atoms with Gasteiger partial charge in [-0.15, -0.1) is 24.0 Å². The number of ether oxygens (including phenoxy) is 1. The number of rotatable bonds is 4. The first-order valence-electron chi connectivity index (χ1n) is 9.21. The Morgan fingerprint density at radius 1 is 1.20 bits per heavy atom. The fourth-order valence-corrected chi connectivity index (χ4v) is 3.54. The Balaban J connectivity index is 0.00000225. The first-order chi connectivity index (χ1) is 11.8. The fraction of sp³-hybridized carbons (Fsp3) is 0.632. The molecule has 3 N–H and O–H groups in total. The van der Waals surface area contributed by atoms with E-state index in [-0.39, 0.29) is 30.1 Å². The van der Waals surface area contributed by atoms with Gasteiger partial charge in [-0.05, 0) is 50.7 Å². The van der Waals surface area contributed by atoms with Crippen LogP contribution in [0.25, 0.3) is 0 Å². The van der Waals surface area contributed by atoms with Crippen molar-refractivity contribution in [1.29, 1.82) is 0 Å². The molecule has 2 aliphatic rings. The molecule has 3 rings (SSSR count). The van der Waals surface area contributed by atoms with Gasteiger partial charge in [0.05, 0.1) is 12.7 Å². The molecule has 1 fully saturated rings. The fourth-order valence-electron chi connectivity index (χ4n) is 3.54. The first kappa shape index (κ1) is 20.3. The number of guanidine groups is 1. The van der Waals surface area contributed by atoms with Gasteiger partial charge in [-0.25, -0.2) is 0 Å². The van der Waals surface area contributed by atoms with Gasteiger partial charge in [0.1, 0.15) is 5.75 Å². The van der Waals surface area contributed by atoms with E-state index in [1.54, 1.807) is 0 Å². The van der Waals surface area contributed by atoms with Crippen LogP contribution in [0.5, 0.6) is 5.75 Å². The van der Waals surface area contributed by atoms with Crippen LogP contribution in [0.15, 0.2) is 29.3 Å². The molecule has 0 spiro atoms. The van der Waals surface area contributed by atoms with Gasteiger partial charge in [0.25, 0.3) is 0 Å². The molecule has 1 aliphatic carbocycles. The monoisotopic (exact) mass is 459 g/mol. The Bertz CT molecular complexity index is 559. The van der Waals surface area contributed by atoms with Gasteiger partial charge in [0.2, 0.25) is 0 Å². The number of nitrogens with zero attached hydrogens (tertiary/aromatic N) is 1. The van der Waals surface area contributed by atoms with Crippen molar-refractivity contribution in [3.05, 3.63) is 29.8 Å². The van der Waals surface area contributed by atoms with Crippen LogP contribution in [0.3, 0.4) is 0 Å². The molecule has 1 heterocycles. The van der Waals surface area contributed by atoms with E-state index in [0.29, 0.717) is 12.0 Å². The number of aliphatic hydroxyl groups excluding tert-OH is 1. The van der Waals surface area contributed by atoms with E-state index >= 15 is 0 Å². The molecule has 1 atom stereocenters. The summed E-state index contributed by atoms with van der Waals surface area (Å²) >= 11 is 0. The van der Waals surface area contributed by atoms with Crippen molar-refractivity contribution in [2.75, 3.05) is 19.7 Å². The second-order valence-corrected chi connectivity index (χ2v) is 6.74. The third-order valence-electron chi connectivity index (χ3n) is 4.93. The van der Waals surface area contributed by atoms with Gasteiger partial charge in [-0.3, -0.25) is 4.99 Å². The predicted molar refractivity (Wildman–Crippen MR) is 112 cm³/mol. The van der Waals surface area contributed by atoms with E-state index in [2.05, 4.69) is 29.7 Å². The Labute approximate surface area is 167 Å². The Morgan fingerprint density at radius 2 is 1.96 bits per heavy atom. The normalized spacial score (nSPS) is 26.0. The summed E-state index contributed by atoms with van der Waals surface area (Å²) in [6.45, 7) is 4.48. The summed E-state index contributed by atoms with van der Waals surface area (Å²) in [4.78, 5) is 4.83. The quantitative estimate of drug-likeness (QED) is 0.368. The van der Waals surface area contributed by atoms with Crippen molar-refractivity contribution < 1.29 is 9.84 Å². The van der Waals surface area contributed by atoms with E-state index in [4.69, 9.17) is 9.73 Å². The maximum absolute atomic E-state index is 9.65. The molecule has 1 aliphatic heterocycles. The summed E-state index contributed by atoms with van der Waals surface area (Å²) in [7, 11) is 0. The molecular weight excluding hydrogens is 429 g/mol. The van der Waals surface area contributed by atoms with Crippen LogP contribution in [-0.4, -0.2) is 42.9 Å². The number of nitrogens with one attached hydrogen (secondary N) is 2. The summed E-state index contributed by atoms with van der Waals surface area (Å²) in [5.74, 6) is 2.31. The van der Waals surface area contributed by atoms with Crippen LogP contribution in [0, 0.1) is 0 Å². The molecule has 1 saturated carbocycles. The molecule has 1 unspecified atom stereocenters. The van der Waals surface area contributed by atoms with Crippen LogP contribution in [-0.2, 0) is 0 Å². The molecular formula is C19H30IN3O2. The minimum atomic E-state index is -0.124. The van der Waals surface area contributed by atoms with Crippen LogP contribution < -0.4 is 15.4 Å². The van der Waals surface area contributed by atoms with E-state index in [1.807, 2.05) is 12.1 Å². The van der Waals surface area contributed by atoms with Gasteiger partial charge in [0, 0.05) is 25.0 Å². The Hall–Kier alpha value is -1.02. The van der Waals surface area contributed by atoms with Crippen LogP contribution in [0.1, 0.15) is 50.5 Å². The molecule has 1 aromatic carbocycles. The van der Waals surface area contributed by atoms with Gasteiger partial charge >= 0.3 is 0 Å². The van der Waals surface area contributed by atoms with Crippen LogP contribution >= 0.6 is 24.0 Å². The van der Waals surface area contributed by atoms with Crippen LogP contribution in [0.2, 0.25) is 0 Å². The molecule has 1 aromatic rings. The number of halogens is 1. The summed E-state index contributed by atoms with van der Waals surface area (Å²) in [6, 6.07) is 8.70. The standard InChI is InChI=1S/C19H29N3O2.HI/c1-2-20-19(22-15-7-9-16(23)10-8-15)21-13-14-11-12-24-18-6-4-3-5-17(14)18;/h3-6,14-16,23H,2,7-13H2,1H3,(H2,20,21,22);1H. The topological polar surface area (TPSA) is 65.9 Å². The van der Waals surface area contributed by atoms with E-state index in [0.717, 1.165) is 63.5 Å². The number of aliphatic hydroxyl groups is 1. The molecule has 25 heavy (non-hydrogen) atoms. The second-order valence-electron chi connectivity index (χ2n) is 6.74. The predicted octanol–water partition coefficient (Wildman–Crippen LogP) is 3.03. The SMILES string of the molecule is CCNC(=NCC1CCOc2ccccc21)NC1CCC(O)CC1.I. The molecule has 0 saturated heterocycles. The summed E-state index contributed by atoms with van der Waals surface area (Å²) < 4.78 is 5.74. The largest absolute Gasteiger partial charge is 0.493 e. The van der Waals surface area contributed by atoms with Crippen LogP contribution in [0.4, 0.5) is 0 Å². The number of aliphatic imine (C=N–C) groups is 1. The van der Waals surface area contributed by atoms with E-state index in [1.165, 1.54) is 5.56 Å². The average molecular weight is 459 g/mol. The first-order valence-corrected chi connectivity index (χ1v) is 9.21. The average Bonchev–Trinajstić information content (AvgIpc) is 2.62. The number of fused-ring (bicyclic) bond motifs is 1. The van der Waals surface area contributed by atoms with Crippen molar-refractivity contribution in [1.82, 2.24) is 10.6 Å². The molecule has 0 bridgehead atoms. The molecule has 140 valence electrons. The minimum Gasteiger partial charge on any atom is -0.493 e. The van der Waals surface area contributed by atoms with Gasteiger partial charge in [-0.1, -0.05) is 18.2 Å². The Morgan fingerprint density at radius 3 is 2.72 bits per heavy atom.